The number of carbonyl (C=O) groups excluding carboxylic acids is 1. The molecule has 0 atom stereocenters. The molecule has 0 aliphatic heterocycles. The summed E-state index contributed by atoms with van der Waals surface area (Å²) in [6.45, 7) is 2.66. The van der Waals surface area contributed by atoms with E-state index < -0.39 is 11.8 Å². The molecule has 0 fully saturated rings. The quantitative estimate of drug-likeness (QED) is 0.294. The number of hydroxylamine groups is 1. The summed E-state index contributed by atoms with van der Waals surface area (Å²) in [7, 11) is 0. The van der Waals surface area contributed by atoms with E-state index in [1.807, 2.05) is 36.0 Å². The van der Waals surface area contributed by atoms with Crippen molar-refractivity contribution >= 4 is 29.0 Å². The highest BCUT2D eigenvalue weighted by molar-refractivity contribution is 6.30. The fraction of sp³-hybridized carbons (Fsp3) is 0.0870. The molecule has 0 unspecified atom stereocenters. The summed E-state index contributed by atoms with van der Waals surface area (Å²) in [5.41, 5.74) is 3.34. The second-order valence-corrected chi connectivity index (χ2v) is 7.34. The van der Waals surface area contributed by atoms with E-state index in [0.29, 0.717) is 11.6 Å². The number of nitrogens with one attached hydrogen (secondary N) is 1. The third kappa shape index (κ3) is 4.46. The monoisotopic (exact) mass is 451 g/mol. The second-order valence-electron chi connectivity index (χ2n) is 6.90. The van der Waals surface area contributed by atoms with E-state index >= 15 is 0 Å². The van der Waals surface area contributed by atoms with Crippen molar-refractivity contribution in [3.8, 4) is 22.4 Å². The van der Waals surface area contributed by atoms with Gasteiger partial charge in [0.05, 0.1) is 11.4 Å². The smallest absolute Gasteiger partial charge is 0.303 e. The van der Waals surface area contributed by atoms with Gasteiger partial charge in [0.15, 0.2) is 0 Å². The van der Waals surface area contributed by atoms with Gasteiger partial charge in [-0.1, -0.05) is 23.7 Å². The lowest BCUT2D eigenvalue weighted by Gasteiger charge is -2.17. The summed E-state index contributed by atoms with van der Waals surface area (Å²) in [4.78, 5) is 16.5. The number of rotatable bonds is 5. The number of anilines is 2. The van der Waals surface area contributed by atoms with Gasteiger partial charge in [-0.05, 0) is 55.0 Å². The highest BCUT2D eigenvalue weighted by Crippen LogP contribution is 2.33. The number of benzene rings is 2. The van der Waals surface area contributed by atoms with E-state index in [1.165, 1.54) is 12.1 Å². The van der Waals surface area contributed by atoms with Crippen molar-refractivity contribution in [1.29, 1.82) is 0 Å². The van der Waals surface area contributed by atoms with Crippen LogP contribution >= 0.6 is 11.6 Å². The zero-order chi connectivity index (χ0) is 22.7. The Kier molecular flexibility index (Phi) is 6.16. The minimum atomic E-state index is -0.915. The van der Waals surface area contributed by atoms with Crippen LogP contribution < -0.4 is 10.4 Å². The first-order valence-electron chi connectivity index (χ1n) is 9.79. The molecule has 7 nitrogen and oxygen atoms in total. The maximum Gasteiger partial charge on any atom is 0.350 e. The Hall–Kier alpha value is -3.75. The normalized spacial score (nSPS) is 10.8. The van der Waals surface area contributed by atoms with Crippen molar-refractivity contribution < 1.29 is 14.4 Å². The molecule has 9 heteroatoms. The van der Waals surface area contributed by atoms with Crippen LogP contribution in [-0.2, 0) is 6.54 Å². The Bertz CT molecular complexity index is 1260. The van der Waals surface area contributed by atoms with Gasteiger partial charge in [0.2, 0.25) is 0 Å². The maximum atomic E-state index is 14.0. The van der Waals surface area contributed by atoms with Gasteiger partial charge in [0.1, 0.15) is 11.5 Å². The van der Waals surface area contributed by atoms with Crippen LogP contribution in [-0.4, -0.2) is 26.0 Å². The number of pyridine rings is 1. The standard InChI is InChI=1S/C23H19ClFN5O2/c1-2-29-14-19(22(28-29)15-8-10-26-11-9-15)16-4-3-5-18(12-16)30(32)23(31)27-21-7-6-17(24)13-20(21)25/h3-14,32H,2H2,1H3,(H,27,31). The molecule has 0 spiro atoms. The van der Waals surface area contributed by atoms with Crippen LogP contribution in [0.4, 0.5) is 20.6 Å². The van der Waals surface area contributed by atoms with Gasteiger partial charge < -0.3 is 5.32 Å². The third-order valence-electron chi connectivity index (χ3n) is 4.81. The number of aryl methyl sites for hydroxylation is 1. The SMILES string of the molecule is CCn1cc(-c2cccc(N(O)C(=O)Nc3ccc(Cl)cc3F)c2)c(-c2ccncc2)n1. The van der Waals surface area contributed by atoms with Gasteiger partial charge in [0.25, 0.3) is 0 Å². The summed E-state index contributed by atoms with van der Waals surface area (Å²) in [6, 6.07) is 13.4. The van der Waals surface area contributed by atoms with Gasteiger partial charge in [-0.3, -0.25) is 14.9 Å². The number of amides is 2. The summed E-state index contributed by atoms with van der Waals surface area (Å²) in [5.74, 6) is -0.707. The molecule has 2 aromatic carbocycles. The maximum absolute atomic E-state index is 14.0. The van der Waals surface area contributed by atoms with Gasteiger partial charge in [0, 0.05) is 41.3 Å². The van der Waals surface area contributed by atoms with Gasteiger partial charge in [-0.25, -0.2) is 9.18 Å². The lowest BCUT2D eigenvalue weighted by molar-refractivity contribution is 0.216. The van der Waals surface area contributed by atoms with E-state index in [0.717, 1.165) is 28.5 Å². The lowest BCUT2D eigenvalue weighted by Crippen LogP contribution is -2.32. The number of hydrogen-bond donors (Lipinski definition) is 2. The highest BCUT2D eigenvalue weighted by Gasteiger charge is 2.18. The number of carbonyl (C=O) groups is 1. The molecule has 32 heavy (non-hydrogen) atoms. The largest absolute Gasteiger partial charge is 0.350 e. The predicted octanol–water partition coefficient (Wildman–Crippen LogP) is 5.85. The number of hydrogen-bond acceptors (Lipinski definition) is 4. The fourth-order valence-electron chi connectivity index (χ4n) is 3.20. The first kappa shape index (κ1) is 21.5. The molecule has 2 heterocycles. The van der Waals surface area contributed by atoms with Crippen molar-refractivity contribution in [2.75, 3.05) is 10.4 Å². The van der Waals surface area contributed by atoms with Crippen LogP contribution in [0.2, 0.25) is 5.02 Å². The van der Waals surface area contributed by atoms with Crippen LogP contribution in [0.5, 0.6) is 0 Å². The first-order valence-corrected chi connectivity index (χ1v) is 10.2. The fourth-order valence-corrected chi connectivity index (χ4v) is 3.36. The molecule has 0 radical (unpaired) electrons. The zero-order valence-electron chi connectivity index (χ0n) is 17.0. The molecule has 0 aliphatic carbocycles. The zero-order valence-corrected chi connectivity index (χ0v) is 17.8. The van der Waals surface area contributed by atoms with Crippen LogP contribution in [0.25, 0.3) is 22.4 Å². The Morgan fingerprint density at radius 1 is 1.16 bits per heavy atom. The van der Waals surface area contributed by atoms with Crippen LogP contribution in [0.1, 0.15) is 6.92 Å². The lowest BCUT2D eigenvalue weighted by atomic mass is 10.0. The first-order chi connectivity index (χ1) is 15.5. The third-order valence-corrected chi connectivity index (χ3v) is 5.04. The highest BCUT2D eigenvalue weighted by atomic mass is 35.5. The molecule has 0 aliphatic rings. The molecule has 162 valence electrons. The van der Waals surface area contributed by atoms with Gasteiger partial charge in [-0.15, -0.1) is 0 Å². The van der Waals surface area contributed by atoms with Gasteiger partial charge in [-0.2, -0.15) is 10.2 Å². The van der Waals surface area contributed by atoms with Crippen LogP contribution in [0.15, 0.2) is 73.2 Å². The minimum Gasteiger partial charge on any atom is -0.303 e. The van der Waals surface area contributed by atoms with E-state index in [9.17, 15) is 14.4 Å². The van der Waals surface area contributed by atoms with Crippen molar-refractivity contribution in [3.63, 3.8) is 0 Å². The van der Waals surface area contributed by atoms with Crippen molar-refractivity contribution in [1.82, 2.24) is 14.8 Å². The Morgan fingerprint density at radius 3 is 2.66 bits per heavy atom. The molecule has 2 amide bonds. The minimum absolute atomic E-state index is 0.0983. The second kappa shape index (κ2) is 9.17. The molecule has 2 N–H and O–H groups in total. The van der Waals surface area contributed by atoms with E-state index in [1.54, 1.807) is 30.6 Å². The summed E-state index contributed by atoms with van der Waals surface area (Å²) >= 11 is 5.73. The van der Waals surface area contributed by atoms with Gasteiger partial charge >= 0.3 is 6.03 Å². The summed E-state index contributed by atoms with van der Waals surface area (Å²) in [5, 5.41) is 18.0. The molecular formula is C23H19ClFN5O2. The van der Waals surface area contributed by atoms with Crippen molar-refractivity contribution in [2.45, 2.75) is 13.5 Å². The molecule has 0 bridgehead atoms. The average molecular weight is 452 g/mol. The molecule has 0 saturated heterocycles. The molecular weight excluding hydrogens is 433 g/mol. The number of nitrogens with zero attached hydrogens (tertiary/aromatic N) is 4. The Labute approximate surface area is 188 Å². The van der Waals surface area contributed by atoms with E-state index in [-0.39, 0.29) is 16.4 Å². The predicted molar refractivity (Wildman–Crippen MR) is 121 cm³/mol. The van der Waals surface area contributed by atoms with Crippen molar-refractivity contribution in [2.24, 2.45) is 0 Å². The summed E-state index contributed by atoms with van der Waals surface area (Å²) in [6.07, 6.45) is 5.28. The van der Waals surface area contributed by atoms with E-state index in [2.05, 4.69) is 15.4 Å². The number of aromatic nitrogens is 3. The number of halogens is 2. The molecule has 4 rings (SSSR count). The van der Waals surface area contributed by atoms with Crippen molar-refractivity contribution in [3.05, 3.63) is 84.0 Å². The summed E-state index contributed by atoms with van der Waals surface area (Å²) < 4.78 is 15.8. The molecule has 2 aromatic heterocycles. The number of urea groups is 1. The van der Waals surface area contributed by atoms with Crippen LogP contribution in [0.3, 0.4) is 0 Å². The molecule has 0 saturated carbocycles. The average Bonchev–Trinajstić information content (AvgIpc) is 3.26. The molecule has 4 aromatic rings. The Morgan fingerprint density at radius 2 is 1.94 bits per heavy atom. The topological polar surface area (TPSA) is 83.3 Å². The van der Waals surface area contributed by atoms with E-state index in [4.69, 9.17) is 11.6 Å². The van der Waals surface area contributed by atoms with Crippen LogP contribution in [0, 0.1) is 5.82 Å². The Balaban J connectivity index is 1.64.